The highest BCUT2D eigenvalue weighted by Gasteiger charge is 2.29. The highest BCUT2D eigenvalue weighted by Crippen LogP contribution is 2.11. The first-order valence-corrected chi connectivity index (χ1v) is 12.1. The van der Waals surface area contributed by atoms with Crippen molar-refractivity contribution in [2.45, 2.75) is 70.6 Å². The molecule has 0 saturated carbocycles. The first kappa shape index (κ1) is 30.1. The summed E-state index contributed by atoms with van der Waals surface area (Å²) in [6.07, 6.45) is -0.332. The second kappa shape index (κ2) is 14.5. The van der Waals surface area contributed by atoms with Crippen molar-refractivity contribution in [3.05, 3.63) is 33.4 Å². The Hall–Kier alpha value is -2.90. The monoisotopic (exact) mass is 605 g/mol. The number of carbonyl (C=O) groups is 5. The molecule has 35 heavy (non-hydrogen) atoms. The van der Waals surface area contributed by atoms with Crippen molar-refractivity contribution in [2.24, 2.45) is 0 Å². The first-order valence-electron chi connectivity index (χ1n) is 11.0. The summed E-state index contributed by atoms with van der Waals surface area (Å²) in [6, 6.07) is 4.20. The third-order valence-corrected chi connectivity index (χ3v) is 5.28. The van der Waals surface area contributed by atoms with Crippen LogP contribution in [0.2, 0.25) is 0 Å². The number of rotatable bonds is 13. The number of nitrogens with one attached hydrogen (secondary N) is 3. The Morgan fingerprint density at radius 2 is 1.51 bits per heavy atom. The summed E-state index contributed by atoms with van der Waals surface area (Å²) in [5.41, 5.74) is 0.209. The molecule has 2 unspecified atom stereocenters. The van der Waals surface area contributed by atoms with Crippen molar-refractivity contribution in [1.82, 2.24) is 16.0 Å². The van der Waals surface area contributed by atoms with Gasteiger partial charge in [-0.05, 0) is 80.3 Å². The van der Waals surface area contributed by atoms with Crippen LogP contribution in [0.4, 0.5) is 4.79 Å². The normalized spacial score (nSPS) is 12.7. The lowest BCUT2D eigenvalue weighted by Crippen LogP contribution is -2.52. The highest BCUT2D eigenvalue weighted by atomic mass is 127. The maximum Gasteiger partial charge on any atom is 0.329 e. The molecule has 3 amide bonds. The molecule has 12 heteroatoms. The van der Waals surface area contributed by atoms with Gasteiger partial charge in [0.2, 0.25) is 5.91 Å². The predicted octanol–water partition coefficient (Wildman–Crippen LogP) is 2.06. The minimum absolute atomic E-state index is 0.0788. The standard InChI is InChI=1S/C23H32IN3O8/c1-23(2,3)35-21(33)17(27-22(34)26-16(20(31)32)9-11-19(29)30)8-10-18(28)25-13-12-14-4-6-15(24)7-5-14/h4-7,16-17H,8-13H2,1-3H3,(H,25,28)(H,29,30)(H,31,32)(H2,26,27,34). The quantitative estimate of drug-likeness (QED) is 0.168. The van der Waals surface area contributed by atoms with Crippen LogP contribution in [0.1, 0.15) is 52.0 Å². The van der Waals surface area contributed by atoms with Gasteiger partial charge in [0.05, 0.1) is 0 Å². The SMILES string of the molecule is CC(C)(C)OC(=O)C(CCC(=O)NCCc1ccc(I)cc1)NC(=O)NC(CCC(=O)O)C(=O)O. The maximum absolute atomic E-state index is 12.6. The number of amides is 3. The summed E-state index contributed by atoms with van der Waals surface area (Å²) in [4.78, 5) is 59.2. The van der Waals surface area contributed by atoms with Gasteiger partial charge in [-0.15, -0.1) is 0 Å². The van der Waals surface area contributed by atoms with E-state index >= 15 is 0 Å². The van der Waals surface area contributed by atoms with Gasteiger partial charge in [-0.2, -0.15) is 0 Å². The van der Waals surface area contributed by atoms with Gasteiger partial charge in [0.15, 0.2) is 0 Å². The Labute approximate surface area is 217 Å². The maximum atomic E-state index is 12.6. The zero-order chi connectivity index (χ0) is 26.6. The zero-order valence-corrected chi connectivity index (χ0v) is 22.1. The van der Waals surface area contributed by atoms with Crippen LogP contribution in [0.3, 0.4) is 0 Å². The number of hydrogen-bond donors (Lipinski definition) is 5. The van der Waals surface area contributed by atoms with Crippen LogP contribution in [-0.2, 0) is 30.3 Å². The molecule has 0 aliphatic heterocycles. The van der Waals surface area contributed by atoms with E-state index in [1.807, 2.05) is 24.3 Å². The molecular weight excluding hydrogens is 573 g/mol. The third kappa shape index (κ3) is 13.5. The number of aliphatic carboxylic acids is 2. The van der Waals surface area contributed by atoms with Gasteiger partial charge in [0.25, 0.3) is 0 Å². The van der Waals surface area contributed by atoms with E-state index in [-0.39, 0.29) is 25.2 Å². The van der Waals surface area contributed by atoms with Gasteiger partial charge >= 0.3 is 23.9 Å². The van der Waals surface area contributed by atoms with Crippen molar-refractivity contribution in [1.29, 1.82) is 0 Å². The van der Waals surface area contributed by atoms with Crippen LogP contribution in [0.15, 0.2) is 24.3 Å². The molecule has 0 fully saturated rings. The van der Waals surface area contributed by atoms with E-state index in [0.717, 1.165) is 9.13 Å². The van der Waals surface area contributed by atoms with Crippen molar-refractivity contribution in [3.63, 3.8) is 0 Å². The number of benzene rings is 1. The second-order valence-corrected chi connectivity index (χ2v) is 10.0. The first-order chi connectivity index (χ1) is 16.3. The molecule has 194 valence electrons. The Balaban J connectivity index is 2.68. The number of carboxylic acids is 2. The molecule has 1 rings (SSSR count). The van der Waals surface area contributed by atoms with E-state index in [9.17, 15) is 29.1 Å². The molecule has 0 aliphatic rings. The van der Waals surface area contributed by atoms with Gasteiger partial charge < -0.3 is 30.9 Å². The van der Waals surface area contributed by atoms with Gasteiger partial charge in [-0.3, -0.25) is 9.59 Å². The Morgan fingerprint density at radius 3 is 2.06 bits per heavy atom. The third-order valence-electron chi connectivity index (χ3n) is 4.56. The molecule has 11 nitrogen and oxygen atoms in total. The average molecular weight is 605 g/mol. The topological polar surface area (TPSA) is 171 Å². The lowest BCUT2D eigenvalue weighted by Gasteiger charge is -2.25. The van der Waals surface area contributed by atoms with Gasteiger partial charge in [-0.1, -0.05) is 12.1 Å². The van der Waals surface area contributed by atoms with Crippen LogP contribution in [-0.4, -0.2) is 64.3 Å². The Kier molecular flexibility index (Phi) is 12.5. The molecule has 0 radical (unpaired) electrons. The summed E-state index contributed by atoms with van der Waals surface area (Å²) in [5.74, 6) is -3.73. The molecule has 1 aromatic carbocycles. The van der Waals surface area contributed by atoms with E-state index in [2.05, 4.69) is 38.5 Å². The van der Waals surface area contributed by atoms with Gasteiger partial charge in [-0.25, -0.2) is 14.4 Å². The predicted molar refractivity (Wildman–Crippen MR) is 135 cm³/mol. The Bertz CT molecular complexity index is 899. The smallest absolute Gasteiger partial charge is 0.329 e. The molecule has 0 spiro atoms. The molecule has 5 N–H and O–H groups in total. The number of halogens is 1. The molecule has 1 aromatic rings. The minimum Gasteiger partial charge on any atom is -0.481 e. The second-order valence-electron chi connectivity index (χ2n) is 8.79. The number of ether oxygens (including phenoxy) is 1. The zero-order valence-electron chi connectivity index (χ0n) is 19.9. The minimum atomic E-state index is -1.46. The lowest BCUT2D eigenvalue weighted by atomic mass is 10.1. The summed E-state index contributed by atoms with van der Waals surface area (Å²) in [5, 5.41) is 25.2. The number of urea groups is 1. The van der Waals surface area contributed by atoms with Crippen molar-refractivity contribution >= 4 is 52.4 Å². The number of carboxylic acid groups (broad SMARTS) is 2. The summed E-state index contributed by atoms with van der Waals surface area (Å²) in [7, 11) is 0. The molecule has 0 saturated heterocycles. The molecule has 0 aliphatic carbocycles. The van der Waals surface area contributed by atoms with Crippen LogP contribution in [0, 0.1) is 3.57 Å². The van der Waals surface area contributed by atoms with Gasteiger partial charge in [0, 0.05) is 23.0 Å². The summed E-state index contributed by atoms with van der Waals surface area (Å²) >= 11 is 2.20. The fourth-order valence-electron chi connectivity index (χ4n) is 2.87. The van der Waals surface area contributed by atoms with E-state index in [1.54, 1.807) is 20.8 Å². The van der Waals surface area contributed by atoms with Crippen molar-refractivity contribution < 1.29 is 38.9 Å². The molecule has 2 atom stereocenters. The fourth-order valence-corrected chi connectivity index (χ4v) is 3.23. The number of esters is 1. The van der Waals surface area contributed by atoms with Crippen molar-refractivity contribution in [3.8, 4) is 0 Å². The lowest BCUT2D eigenvalue weighted by molar-refractivity contribution is -0.157. The van der Waals surface area contributed by atoms with Crippen LogP contribution in [0.5, 0.6) is 0 Å². The molecular formula is C23H32IN3O8. The van der Waals surface area contributed by atoms with Crippen LogP contribution >= 0.6 is 22.6 Å². The number of carbonyl (C=O) groups excluding carboxylic acids is 3. The molecule has 0 aromatic heterocycles. The van der Waals surface area contributed by atoms with Crippen molar-refractivity contribution in [2.75, 3.05) is 6.54 Å². The fraction of sp³-hybridized carbons (Fsp3) is 0.522. The number of hydrogen-bond acceptors (Lipinski definition) is 6. The molecule has 0 heterocycles. The highest BCUT2D eigenvalue weighted by molar-refractivity contribution is 14.1. The Morgan fingerprint density at radius 1 is 0.943 bits per heavy atom. The van der Waals surface area contributed by atoms with Crippen LogP contribution in [0.25, 0.3) is 0 Å². The largest absolute Gasteiger partial charge is 0.481 e. The van der Waals surface area contributed by atoms with E-state index < -0.39 is 48.0 Å². The van der Waals surface area contributed by atoms with E-state index in [0.29, 0.717) is 13.0 Å². The summed E-state index contributed by atoms with van der Waals surface area (Å²) < 4.78 is 6.41. The average Bonchev–Trinajstić information content (AvgIpc) is 2.73. The summed E-state index contributed by atoms with van der Waals surface area (Å²) in [6.45, 7) is 5.33. The van der Waals surface area contributed by atoms with E-state index in [4.69, 9.17) is 9.84 Å². The molecule has 0 bridgehead atoms. The van der Waals surface area contributed by atoms with Gasteiger partial charge in [0.1, 0.15) is 17.7 Å². The van der Waals surface area contributed by atoms with Crippen LogP contribution < -0.4 is 16.0 Å². The van der Waals surface area contributed by atoms with E-state index in [1.165, 1.54) is 0 Å².